The van der Waals surface area contributed by atoms with Crippen LogP contribution in [-0.2, 0) is 33.2 Å². The molecule has 3 rings (SSSR count). The summed E-state index contributed by atoms with van der Waals surface area (Å²) in [4.78, 5) is 11.3. The van der Waals surface area contributed by atoms with E-state index in [0.29, 0.717) is 12.3 Å². The molecule has 6 atom stereocenters. The van der Waals surface area contributed by atoms with Gasteiger partial charge in [-0.1, -0.05) is 0 Å². The third-order valence-corrected chi connectivity index (χ3v) is 6.39. The topological polar surface area (TPSA) is 72.5 Å². The molecule has 7 nitrogen and oxygen atoms in total. The zero-order valence-electron chi connectivity index (χ0n) is 17.5. The van der Waals surface area contributed by atoms with E-state index in [0.717, 1.165) is 58.0 Å². The Morgan fingerprint density at radius 1 is 1.11 bits per heavy atom. The van der Waals surface area contributed by atoms with Gasteiger partial charge in [0.15, 0.2) is 12.6 Å². The Balaban J connectivity index is 1.57. The van der Waals surface area contributed by atoms with E-state index in [1.807, 2.05) is 0 Å². The quantitative estimate of drug-likeness (QED) is 0.435. The minimum atomic E-state index is -0.284. The van der Waals surface area contributed by atoms with Gasteiger partial charge in [0.1, 0.15) is 0 Å². The van der Waals surface area contributed by atoms with Gasteiger partial charge in [-0.15, -0.1) is 0 Å². The summed E-state index contributed by atoms with van der Waals surface area (Å²) in [6, 6.07) is 0. The molecule has 3 aliphatic rings. The van der Waals surface area contributed by atoms with Gasteiger partial charge in [-0.3, -0.25) is 4.79 Å². The number of esters is 1. The first-order chi connectivity index (χ1) is 13.6. The van der Waals surface area contributed by atoms with Crippen LogP contribution in [0.25, 0.3) is 0 Å². The van der Waals surface area contributed by atoms with Crippen LogP contribution in [-0.4, -0.2) is 64.8 Å². The number of carbonyl (C=O) groups excluding carboxylic acids is 1. The van der Waals surface area contributed by atoms with E-state index in [1.54, 1.807) is 14.2 Å². The molecule has 7 heteroatoms. The van der Waals surface area contributed by atoms with Gasteiger partial charge in [0.05, 0.1) is 25.4 Å². The lowest BCUT2D eigenvalue weighted by Crippen LogP contribution is -2.46. The minimum Gasteiger partial charge on any atom is -0.469 e. The van der Waals surface area contributed by atoms with Crippen LogP contribution in [0.1, 0.15) is 57.8 Å². The van der Waals surface area contributed by atoms with Gasteiger partial charge >= 0.3 is 5.97 Å². The number of methoxy groups -OCH3 is 3. The maximum atomic E-state index is 11.3. The molecule has 0 N–H and O–H groups in total. The normalized spacial score (nSPS) is 35.7. The van der Waals surface area contributed by atoms with E-state index in [9.17, 15) is 4.79 Å². The summed E-state index contributed by atoms with van der Waals surface area (Å²) < 4.78 is 34.5. The number of fused-ring (bicyclic) bond motifs is 1. The summed E-state index contributed by atoms with van der Waals surface area (Å²) in [5, 5.41) is 0. The van der Waals surface area contributed by atoms with Crippen molar-refractivity contribution in [3.8, 4) is 0 Å². The van der Waals surface area contributed by atoms with Crippen LogP contribution in [0.4, 0.5) is 0 Å². The third kappa shape index (κ3) is 5.66. The highest BCUT2D eigenvalue weighted by Gasteiger charge is 2.47. The van der Waals surface area contributed by atoms with E-state index in [2.05, 4.69) is 0 Å². The highest BCUT2D eigenvalue weighted by Crippen LogP contribution is 2.44. The Morgan fingerprint density at radius 2 is 1.93 bits per heavy atom. The number of ether oxygens (including phenoxy) is 6. The highest BCUT2D eigenvalue weighted by atomic mass is 16.7. The summed E-state index contributed by atoms with van der Waals surface area (Å²) in [5.41, 5.74) is 0. The van der Waals surface area contributed by atoms with Crippen LogP contribution in [0.5, 0.6) is 0 Å². The van der Waals surface area contributed by atoms with Crippen molar-refractivity contribution in [1.82, 2.24) is 0 Å². The van der Waals surface area contributed by atoms with Gasteiger partial charge in [-0.05, 0) is 50.9 Å². The SMILES string of the molecule is COC(=O)CCCC1CC2CC(C(OC)OC)C(OC3CCCCO3)CC2O1. The Morgan fingerprint density at radius 3 is 2.61 bits per heavy atom. The lowest BCUT2D eigenvalue weighted by molar-refractivity contribution is -0.246. The third-order valence-electron chi connectivity index (χ3n) is 6.39. The van der Waals surface area contributed by atoms with Gasteiger partial charge < -0.3 is 28.4 Å². The molecule has 2 heterocycles. The molecular formula is C21H36O7. The molecule has 6 unspecified atom stereocenters. The monoisotopic (exact) mass is 400 g/mol. The van der Waals surface area contributed by atoms with Crippen LogP contribution < -0.4 is 0 Å². The second-order valence-electron chi connectivity index (χ2n) is 8.21. The van der Waals surface area contributed by atoms with Gasteiger partial charge in [0.25, 0.3) is 0 Å². The largest absolute Gasteiger partial charge is 0.469 e. The first-order valence-corrected chi connectivity index (χ1v) is 10.7. The first-order valence-electron chi connectivity index (χ1n) is 10.7. The predicted molar refractivity (Wildman–Crippen MR) is 102 cm³/mol. The Labute approximate surface area is 168 Å². The van der Waals surface area contributed by atoms with Crippen molar-refractivity contribution >= 4 is 5.97 Å². The van der Waals surface area contributed by atoms with E-state index in [1.165, 1.54) is 7.11 Å². The summed E-state index contributed by atoms with van der Waals surface area (Å²) in [7, 11) is 4.81. The smallest absolute Gasteiger partial charge is 0.305 e. The summed E-state index contributed by atoms with van der Waals surface area (Å²) in [6.07, 6.45) is 8.14. The highest BCUT2D eigenvalue weighted by molar-refractivity contribution is 5.68. The van der Waals surface area contributed by atoms with Crippen LogP contribution >= 0.6 is 0 Å². The molecule has 0 bridgehead atoms. The van der Waals surface area contributed by atoms with Crippen LogP contribution in [0, 0.1) is 11.8 Å². The molecule has 3 fully saturated rings. The Kier molecular flexibility index (Phi) is 8.53. The number of carbonyl (C=O) groups is 1. The van der Waals surface area contributed by atoms with Crippen molar-refractivity contribution in [2.45, 2.75) is 88.7 Å². The molecule has 0 aromatic rings. The molecule has 0 spiro atoms. The van der Waals surface area contributed by atoms with E-state index in [4.69, 9.17) is 28.4 Å². The molecule has 162 valence electrons. The molecule has 0 amide bonds. The standard InChI is InChI=1S/C21H36O7/c1-23-19(22)8-6-7-15-11-14-12-16(21(24-2)25-3)18(13-17(14)27-15)28-20-9-4-5-10-26-20/h14-18,20-21H,4-13H2,1-3H3. The van der Waals surface area contributed by atoms with E-state index in [-0.39, 0.29) is 42.8 Å². The number of rotatable bonds is 9. The number of hydrogen-bond acceptors (Lipinski definition) is 7. The van der Waals surface area contributed by atoms with E-state index >= 15 is 0 Å². The van der Waals surface area contributed by atoms with Gasteiger partial charge in [0, 0.05) is 39.6 Å². The molecule has 2 saturated heterocycles. The molecule has 1 aliphatic carbocycles. The van der Waals surface area contributed by atoms with Crippen molar-refractivity contribution in [3.05, 3.63) is 0 Å². The Bertz CT molecular complexity index is 475. The maximum absolute atomic E-state index is 11.3. The van der Waals surface area contributed by atoms with Crippen molar-refractivity contribution in [2.24, 2.45) is 11.8 Å². The van der Waals surface area contributed by atoms with Crippen molar-refractivity contribution in [3.63, 3.8) is 0 Å². The zero-order chi connectivity index (χ0) is 19.9. The van der Waals surface area contributed by atoms with Crippen LogP contribution in [0.3, 0.4) is 0 Å². The molecule has 0 aromatic carbocycles. The zero-order valence-corrected chi connectivity index (χ0v) is 17.5. The fourth-order valence-corrected chi connectivity index (χ4v) is 4.97. The minimum absolute atomic E-state index is 0.00284. The molecule has 28 heavy (non-hydrogen) atoms. The maximum Gasteiger partial charge on any atom is 0.305 e. The Hall–Kier alpha value is -0.730. The van der Waals surface area contributed by atoms with Crippen molar-refractivity contribution < 1.29 is 33.2 Å². The second-order valence-corrected chi connectivity index (χ2v) is 8.21. The predicted octanol–water partition coefficient (Wildman–Crippen LogP) is 3.04. The van der Waals surface area contributed by atoms with Crippen LogP contribution in [0.2, 0.25) is 0 Å². The van der Waals surface area contributed by atoms with Crippen molar-refractivity contribution in [2.75, 3.05) is 27.9 Å². The molecular weight excluding hydrogens is 364 g/mol. The summed E-state index contributed by atoms with van der Waals surface area (Å²) in [5.74, 6) is 0.492. The van der Waals surface area contributed by atoms with Crippen molar-refractivity contribution in [1.29, 1.82) is 0 Å². The molecule has 1 saturated carbocycles. The molecule has 0 radical (unpaired) electrons. The average Bonchev–Trinajstić information content (AvgIpc) is 3.11. The molecule has 0 aromatic heterocycles. The number of hydrogen-bond donors (Lipinski definition) is 0. The summed E-state index contributed by atoms with van der Waals surface area (Å²) >= 11 is 0. The lowest BCUT2D eigenvalue weighted by Gasteiger charge is -2.42. The van der Waals surface area contributed by atoms with Gasteiger partial charge in [-0.25, -0.2) is 0 Å². The fourth-order valence-electron chi connectivity index (χ4n) is 4.97. The average molecular weight is 401 g/mol. The van der Waals surface area contributed by atoms with Gasteiger partial charge in [0.2, 0.25) is 0 Å². The second kappa shape index (κ2) is 10.9. The fraction of sp³-hybridized carbons (Fsp3) is 0.952. The summed E-state index contributed by atoms with van der Waals surface area (Å²) in [6.45, 7) is 0.769. The van der Waals surface area contributed by atoms with E-state index < -0.39 is 0 Å². The molecule has 2 aliphatic heterocycles. The van der Waals surface area contributed by atoms with Gasteiger partial charge in [-0.2, -0.15) is 0 Å². The van der Waals surface area contributed by atoms with Crippen LogP contribution in [0.15, 0.2) is 0 Å². The first kappa shape index (κ1) is 22.0. The lowest BCUT2D eigenvalue weighted by atomic mass is 9.76.